The second kappa shape index (κ2) is 6.52. The van der Waals surface area contributed by atoms with Gasteiger partial charge >= 0.3 is 0 Å². The summed E-state index contributed by atoms with van der Waals surface area (Å²) in [4.78, 5) is 17.7. The summed E-state index contributed by atoms with van der Waals surface area (Å²) in [6, 6.07) is 0. The zero-order valence-electron chi connectivity index (χ0n) is 12.6. The lowest BCUT2D eigenvalue weighted by Gasteiger charge is -2.10. The summed E-state index contributed by atoms with van der Waals surface area (Å²) in [5.41, 5.74) is 4.31. The fourth-order valence-corrected chi connectivity index (χ4v) is 2.15. The molecule has 0 amide bonds. The van der Waals surface area contributed by atoms with Crippen molar-refractivity contribution in [3.8, 4) is 11.6 Å². The summed E-state index contributed by atoms with van der Waals surface area (Å²) < 4.78 is 0. The molecule has 5 nitrogen and oxygen atoms in total. The van der Waals surface area contributed by atoms with Crippen LogP contribution in [0.25, 0.3) is 11.6 Å². The number of rotatable bonds is 5. The quantitative estimate of drug-likeness (QED) is 0.843. The molecule has 0 saturated carbocycles. The predicted molar refractivity (Wildman–Crippen MR) is 79.5 cm³/mol. The topological polar surface area (TPSA) is 63.6 Å². The Morgan fingerprint density at radius 3 is 2.10 bits per heavy atom. The van der Waals surface area contributed by atoms with Crippen LogP contribution in [0.15, 0.2) is 12.4 Å². The van der Waals surface area contributed by atoms with Crippen molar-refractivity contribution in [1.82, 2.24) is 25.3 Å². The normalized spacial score (nSPS) is 10.8. The summed E-state index contributed by atoms with van der Waals surface area (Å²) in [6.45, 7) is 7.02. The molecule has 0 aromatic carbocycles. The summed E-state index contributed by atoms with van der Waals surface area (Å²) in [5, 5.41) is 3.16. The predicted octanol–water partition coefficient (Wildman–Crippen LogP) is 2.01. The lowest BCUT2D eigenvalue weighted by molar-refractivity contribution is 0.715. The van der Waals surface area contributed by atoms with Crippen LogP contribution in [-0.2, 0) is 6.42 Å². The van der Waals surface area contributed by atoms with E-state index in [0.29, 0.717) is 11.6 Å². The zero-order valence-corrected chi connectivity index (χ0v) is 12.6. The highest BCUT2D eigenvalue weighted by Crippen LogP contribution is 2.17. The van der Waals surface area contributed by atoms with Gasteiger partial charge in [0.15, 0.2) is 11.6 Å². The van der Waals surface area contributed by atoms with E-state index in [-0.39, 0.29) is 0 Å². The molecule has 1 N–H and O–H groups in total. The number of aromatic nitrogens is 4. The third-order valence-corrected chi connectivity index (χ3v) is 3.26. The van der Waals surface area contributed by atoms with Gasteiger partial charge in [-0.15, -0.1) is 0 Å². The molecule has 2 aromatic rings. The molecule has 20 heavy (non-hydrogen) atoms. The van der Waals surface area contributed by atoms with E-state index >= 15 is 0 Å². The smallest absolute Gasteiger partial charge is 0.198 e. The molecule has 0 radical (unpaired) electrons. The molecule has 0 fully saturated rings. The van der Waals surface area contributed by atoms with Crippen LogP contribution in [0.3, 0.4) is 0 Å². The van der Waals surface area contributed by atoms with Gasteiger partial charge in [0.05, 0.1) is 0 Å². The molecule has 2 heterocycles. The Morgan fingerprint density at radius 1 is 0.950 bits per heavy atom. The van der Waals surface area contributed by atoms with Gasteiger partial charge in [-0.25, -0.2) is 19.9 Å². The molecule has 0 aliphatic heterocycles. The first-order chi connectivity index (χ1) is 9.61. The maximum absolute atomic E-state index is 4.56. The van der Waals surface area contributed by atoms with Gasteiger partial charge in [-0.05, 0) is 58.3 Å². The van der Waals surface area contributed by atoms with Gasteiger partial charge in [0.2, 0.25) is 0 Å². The van der Waals surface area contributed by atoms with Gasteiger partial charge in [0, 0.05) is 23.8 Å². The number of hydrogen-bond donors (Lipinski definition) is 1. The highest BCUT2D eigenvalue weighted by atomic mass is 15.0. The van der Waals surface area contributed by atoms with Gasteiger partial charge < -0.3 is 5.32 Å². The van der Waals surface area contributed by atoms with Crippen LogP contribution in [-0.4, -0.2) is 33.5 Å². The van der Waals surface area contributed by atoms with E-state index in [4.69, 9.17) is 0 Å². The Balaban J connectivity index is 2.27. The SMILES string of the molecule is CNCCCc1c(C)nc(-c2ncc(C)cn2)nc1C. The minimum atomic E-state index is 0.587. The summed E-state index contributed by atoms with van der Waals surface area (Å²) in [5.74, 6) is 1.20. The molecule has 0 aliphatic carbocycles. The van der Waals surface area contributed by atoms with E-state index in [1.54, 1.807) is 12.4 Å². The minimum Gasteiger partial charge on any atom is -0.320 e. The average Bonchev–Trinajstić information content (AvgIpc) is 2.42. The van der Waals surface area contributed by atoms with Gasteiger partial charge in [-0.1, -0.05) is 0 Å². The summed E-state index contributed by atoms with van der Waals surface area (Å²) >= 11 is 0. The maximum Gasteiger partial charge on any atom is 0.198 e. The molecule has 2 rings (SSSR count). The van der Waals surface area contributed by atoms with Crippen molar-refractivity contribution in [2.24, 2.45) is 0 Å². The van der Waals surface area contributed by atoms with Gasteiger partial charge in [-0.3, -0.25) is 0 Å². The molecule has 0 unspecified atom stereocenters. The fourth-order valence-electron chi connectivity index (χ4n) is 2.15. The van der Waals surface area contributed by atoms with Crippen LogP contribution >= 0.6 is 0 Å². The molecule has 5 heteroatoms. The first-order valence-electron chi connectivity index (χ1n) is 6.89. The van der Waals surface area contributed by atoms with Crippen molar-refractivity contribution in [2.75, 3.05) is 13.6 Å². The van der Waals surface area contributed by atoms with Gasteiger partial charge in [0.1, 0.15) is 0 Å². The van der Waals surface area contributed by atoms with Crippen LogP contribution in [0, 0.1) is 20.8 Å². The molecular formula is C15H21N5. The first kappa shape index (κ1) is 14.5. The van der Waals surface area contributed by atoms with E-state index in [2.05, 4.69) is 25.3 Å². The maximum atomic E-state index is 4.56. The second-order valence-corrected chi connectivity index (χ2v) is 4.99. The van der Waals surface area contributed by atoms with Gasteiger partial charge in [0.25, 0.3) is 0 Å². The van der Waals surface area contributed by atoms with Crippen molar-refractivity contribution in [3.63, 3.8) is 0 Å². The number of hydrogen-bond acceptors (Lipinski definition) is 5. The highest BCUT2D eigenvalue weighted by molar-refractivity contribution is 5.45. The summed E-state index contributed by atoms with van der Waals surface area (Å²) in [7, 11) is 1.97. The zero-order chi connectivity index (χ0) is 14.5. The van der Waals surface area contributed by atoms with E-state index < -0.39 is 0 Å². The third-order valence-electron chi connectivity index (χ3n) is 3.26. The molecule has 0 spiro atoms. The van der Waals surface area contributed by atoms with Crippen molar-refractivity contribution in [1.29, 1.82) is 0 Å². The lowest BCUT2D eigenvalue weighted by atomic mass is 10.1. The van der Waals surface area contributed by atoms with E-state index in [9.17, 15) is 0 Å². The van der Waals surface area contributed by atoms with Crippen molar-refractivity contribution >= 4 is 0 Å². The molecule has 0 bridgehead atoms. The largest absolute Gasteiger partial charge is 0.320 e. The molecule has 2 aromatic heterocycles. The van der Waals surface area contributed by atoms with Crippen LogP contribution in [0.2, 0.25) is 0 Å². The van der Waals surface area contributed by atoms with E-state index in [1.165, 1.54) is 5.56 Å². The Morgan fingerprint density at radius 2 is 1.55 bits per heavy atom. The second-order valence-electron chi connectivity index (χ2n) is 4.99. The molecule has 0 saturated heterocycles. The Kier molecular flexibility index (Phi) is 4.74. The third kappa shape index (κ3) is 3.36. The molecular weight excluding hydrogens is 250 g/mol. The Labute approximate surface area is 119 Å². The molecule has 0 aliphatic rings. The molecule has 0 atom stereocenters. The van der Waals surface area contributed by atoms with E-state index in [1.807, 2.05) is 27.8 Å². The first-order valence-corrected chi connectivity index (χ1v) is 6.89. The Hall–Kier alpha value is -1.88. The number of nitrogens with zero attached hydrogens (tertiary/aromatic N) is 4. The van der Waals surface area contributed by atoms with E-state index in [0.717, 1.165) is 36.3 Å². The number of aryl methyl sites for hydroxylation is 3. The molecule has 106 valence electrons. The monoisotopic (exact) mass is 271 g/mol. The average molecular weight is 271 g/mol. The lowest BCUT2D eigenvalue weighted by Crippen LogP contribution is -2.10. The van der Waals surface area contributed by atoms with Crippen LogP contribution in [0.5, 0.6) is 0 Å². The summed E-state index contributed by atoms with van der Waals surface area (Å²) in [6.07, 6.45) is 5.66. The van der Waals surface area contributed by atoms with Crippen LogP contribution in [0.4, 0.5) is 0 Å². The number of nitrogens with one attached hydrogen (secondary N) is 1. The fraction of sp³-hybridized carbons (Fsp3) is 0.467. The highest BCUT2D eigenvalue weighted by Gasteiger charge is 2.11. The van der Waals surface area contributed by atoms with Gasteiger partial charge in [-0.2, -0.15) is 0 Å². The standard InChI is InChI=1S/C15H21N5/c1-10-8-17-14(18-9-10)15-19-11(2)13(12(3)20-15)6-5-7-16-4/h8-9,16H,5-7H2,1-4H3. The van der Waals surface area contributed by atoms with Crippen LogP contribution in [0.1, 0.15) is 28.9 Å². The van der Waals surface area contributed by atoms with Crippen molar-refractivity contribution in [3.05, 3.63) is 34.9 Å². The minimum absolute atomic E-state index is 0.587. The van der Waals surface area contributed by atoms with Crippen molar-refractivity contribution < 1.29 is 0 Å². The van der Waals surface area contributed by atoms with Crippen molar-refractivity contribution in [2.45, 2.75) is 33.6 Å². The Bertz CT molecular complexity index is 554. The van der Waals surface area contributed by atoms with Crippen LogP contribution < -0.4 is 5.32 Å².